The van der Waals surface area contributed by atoms with E-state index in [1.165, 1.54) is 6.20 Å². The second-order valence-electron chi connectivity index (χ2n) is 1.35. The van der Waals surface area contributed by atoms with Gasteiger partial charge in [0.15, 0.2) is 0 Å². The Morgan fingerprint density at radius 1 is 1.88 bits per heavy atom. The van der Waals surface area contributed by atoms with E-state index in [1.807, 2.05) is 0 Å². The molecule has 46 valence electrons. The van der Waals surface area contributed by atoms with Crippen LogP contribution in [0.1, 0.15) is 6.92 Å². The highest BCUT2D eigenvalue weighted by molar-refractivity contribution is 7.44. The minimum atomic E-state index is 0.339. The molecule has 0 amide bonds. The lowest BCUT2D eigenvalue weighted by Gasteiger charge is -1.93. The lowest BCUT2D eigenvalue weighted by atomic mass is 10.5. The zero-order chi connectivity index (χ0) is 6.57. The van der Waals surface area contributed by atoms with E-state index in [9.17, 15) is 5.21 Å². The van der Waals surface area contributed by atoms with Gasteiger partial charge in [0.2, 0.25) is 6.20 Å². The molecular weight excluding hydrogens is 124 g/mol. The quantitative estimate of drug-likeness (QED) is 0.434. The first-order valence-electron chi connectivity index (χ1n) is 2.16. The summed E-state index contributed by atoms with van der Waals surface area (Å²) in [5.74, 6) is 0. The lowest BCUT2D eigenvalue weighted by molar-refractivity contribution is -0.344. The number of allylic oxidation sites excluding steroid dienone is 1. The van der Waals surface area contributed by atoms with E-state index in [0.29, 0.717) is 4.11 Å². The lowest BCUT2D eigenvalue weighted by Crippen LogP contribution is -2.03. The second kappa shape index (κ2) is 3.37. The van der Waals surface area contributed by atoms with Crippen LogP contribution in [-0.4, -0.2) is 11.2 Å². The number of hydrogen-bond acceptors (Lipinski definition) is 3. The highest BCUT2D eigenvalue weighted by atomic mass is 32.1. The number of rotatable bonds is 2. The Hall–Kier alpha value is -0.640. The molecule has 0 aromatic heterocycles. The van der Waals surface area contributed by atoms with Gasteiger partial charge in [0.1, 0.15) is 0 Å². The van der Waals surface area contributed by atoms with E-state index in [0.717, 1.165) is 5.70 Å². The summed E-state index contributed by atoms with van der Waals surface area (Å²) in [7, 11) is 1.73. The standard InChI is InChI=1S/C4H8N2OS/c1-4(5-2)3-6(7)8/h3,5H,1-2H3. The molecule has 0 atom stereocenters. The Bertz CT molecular complexity index is 121. The molecule has 0 aromatic carbocycles. The largest absolute Gasteiger partial charge is 0.605 e. The fraction of sp³-hybridized carbons (Fsp3) is 0.500. The van der Waals surface area contributed by atoms with Gasteiger partial charge in [-0.25, -0.2) is 0 Å². The topological polar surface area (TPSA) is 38.1 Å². The van der Waals surface area contributed by atoms with Gasteiger partial charge in [-0.2, -0.15) is 0 Å². The molecule has 0 aliphatic heterocycles. The summed E-state index contributed by atoms with van der Waals surface area (Å²) in [6, 6.07) is 0. The number of hydroxylamine groups is 1. The minimum Gasteiger partial charge on any atom is -0.605 e. The Kier molecular flexibility index (Phi) is 3.10. The van der Waals surface area contributed by atoms with E-state index in [2.05, 4.69) is 17.7 Å². The van der Waals surface area contributed by atoms with Crippen molar-refractivity contribution >= 4 is 12.4 Å². The Labute approximate surface area is 53.7 Å². The Morgan fingerprint density at radius 3 is 2.50 bits per heavy atom. The summed E-state index contributed by atoms with van der Waals surface area (Å²) in [6.45, 7) is 1.76. The minimum absolute atomic E-state index is 0.339. The normalized spacial score (nSPS) is 11.0. The van der Waals surface area contributed by atoms with Crippen molar-refractivity contribution in [1.29, 1.82) is 0 Å². The maximum atomic E-state index is 10.0. The predicted molar refractivity (Wildman–Crippen MR) is 33.8 cm³/mol. The summed E-state index contributed by atoms with van der Waals surface area (Å²) in [5, 5.41) is 12.8. The van der Waals surface area contributed by atoms with Crippen molar-refractivity contribution in [2.24, 2.45) is 0 Å². The van der Waals surface area contributed by atoms with Crippen LogP contribution in [-0.2, 0) is 12.4 Å². The summed E-state index contributed by atoms with van der Waals surface area (Å²) in [6.07, 6.45) is 1.29. The van der Waals surface area contributed by atoms with Crippen LogP contribution in [0.3, 0.4) is 0 Å². The van der Waals surface area contributed by atoms with Crippen molar-refractivity contribution in [2.45, 2.75) is 6.92 Å². The van der Waals surface area contributed by atoms with Crippen LogP contribution in [0.2, 0.25) is 0 Å². The van der Waals surface area contributed by atoms with Gasteiger partial charge in [-0.1, -0.05) is 4.11 Å². The molecular formula is C4H8N2OS. The molecule has 0 aromatic rings. The second-order valence-corrected chi connectivity index (χ2v) is 1.71. The smallest absolute Gasteiger partial charge is 0.284 e. The SMILES string of the molecule is CNC(C)=C[N+]([O-])=S. The molecule has 0 rings (SSSR count). The van der Waals surface area contributed by atoms with Gasteiger partial charge in [-0.05, 0) is 6.92 Å². The molecule has 1 N–H and O–H groups in total. The predicted octanol–water partition coefficient (Wildman–Crippen LogP) is 0.308. The average Bonchev–Trinajstić information content (AvgIpc) is 1.65. The molecule has 4 heteroatoms. The fourth-order valence-electron chi connectivity index (χ4n) is 0.223. The summed E-state index contributed by atoms with van der Waals surface area (Å²) in [5.41, 5.74) is 0.759. The molecule has 0 heterocycles. The fourth-order valence-corrected chi connectivity index (χ4v) is 0.381. The van der Waals surface area contributed by atoms with E-state index in [4.69, 9.17) is 0 Å². The van der Waals surface area contributed by atoms with E-state index in [-0.39, 0.29) is 0 Å². The first-order valence-corrected chi connectivity index (χ1v) is 2.53. The van der Waals surface area contributed by atoms with E-state index >= 15 is 0 Å². The molecule has 0 saturated heterocycles. The van der Waals surface area contributed by atoms with Crippen molar-refractivity contribution in [3.05, 3.63) is 17.1 Å². The Balaban J connectivity index is 3.75. The zero-order valence-electron chi connectivity index (χ0n) is 4.84. The molecule has 8 heavy (non-hydrogen) atoms. The number of hydrogen-bond donors (Lipinski definition) is 1. The van der Waals surface area contributed by atoms with Gasteiger partial charge in [0.25, 0.3) is 12.4 Å². The van der Waals surface area contributed by atoms with Crippen LogP contribution in [0.5, 0.6) is 0 Å². The van der Waals surface area contributed by atoms with Crippen LogP contribution in [0.25, 0.3) is 0 Å². The third kappa shape index (κ3) is 3.55. The van der Waals surface area contributed by atoms with Crippen LogP contribution in [0, 0.1) is 5.21 Å². The van der Waals surface area contributed by atoms with Gasteiger partial charge >= 0.3 is 0 Å². The third-order valence-corrected chi connectivity index (χ3v) is 0.799. The van der Waals surface area contributed by atoms with E-state index < -0.39 is 0 Å². The monoisotopic (exact) mass is 132 g/mol. The first kappa shape index (κ1) is 7.36. The van der Waals surface area contributed by atoms with Crippen LogP contribution < -0.4 is 5.32 Å². The molecule has 0 bridgehead atoms. The van der Waals surface area contributed by atoms with Gasteiger partial charge in [-0.15, -0.1) is 0 Å². The van der Waals surface area contributed by atoms with Crippen molar-refractivity contribution in [2.75, 3.05) is 7.05 Å². The number of nitrogens with one attached hydrogen (secondary N) is 1. The highest BCUT2D eigenvalue weighted by Gasteiger charge is 1.84. The van der Waals surface area contributed by atoms with Crippen molar-refractivity contribution in [1.82, 2.24) is 5.32 Å². The van der Waals surface area contributed by atoms with Crippen LogP contribution >= 0.6 is 0 Å². The molecule has 0 saturated carbocycles. The Morgan fingerprint density at radius 2 is 2.38 bits per heavy atom. The van der Waals surface area contributed by atoms with Gasteiger partial charge < -0.3 is 10.5 Å². The zero-order valence-corrected chi connectivity index (χ0v) is 5.66. The maximum absolute atomic E-state index is 10.0. The summed E-state index contributed by atoms with van der Waals surface area (Å²) in [4.78, 5) is 0. The number of nitrogens with zero attached hydrogens (tertiary/aromatic N) is 1. The van der Waals surface area contributed by atoms with Crippen LogP contribution in [0.4, 0.5) is 0 Å². The van der Waals surface area contributed by atoms with Crippen molar-refractivity contribution in [3.63, 3.8) is 0 Å². The molecule has 0 aliphatic rings. The molecule has 3 nitrogen and oxygen atoms in total. The van der Waals surface area contributed by atoms with E-state index in [1.54, 1.807) is 14.0 Å². The highest BCUT2D eigenvalue weighted by Crippen LogP contribution is 1.81. The molecule has 0 spiro atoms. The van der Waals surface area contributed by atoms with Gasteiger partial charge in [0, 0.05) is 7.05 Å². The van der Waals surface area contributed by atoms with Crippen molar-refractivity contribution < 1.29 is 4.11 Å². The van der Waals surface area contributed by atoms with Gasteiger partial charge in [0.05, 0.1) is 5.70 Å². The maximum Gasteiger partial charge on any atom is 0.284 e. The summed E-state index contributed by atoms with van der Waals surface area (Å²) < 4.78 is 0.339. The van der Waals surface area contributed by atoms with Gasteiger partial charge in [-0.3, -0.25) is 0 Å². The third-order valence-electron chi connectivity index (χ3n) is 0.693. The first-order chi connectivity index (χ1) is 3.66. The molecule has 0 radical (unpaired) electrons. The average molecular weight is 132 g/mol. The molecule has 0 aliphatic carbocycles. The molecule has 0 fully saturated rings. The summed E-state index contributed by atoms with van der Waals surface area (Å²) >= 11 is 4.18. The molecule has 0 unspecified atom stereocenters. The van der Waals surface area contributed by atoms with Crippen molar-refractivity contribution in [3.8, 4) is 0 Å². The van der Waals surface area contributed by atoms with Crippen LogP contribution in [0.15, 0.2) is 11.9 Å².